The van der Waals surface area contributed by atoms with E-state index in [2.05, 4.69) is 28.2 Å². The van der Waals surface area contributed by atoms with E-state index in [4.69, 9.17) is 21.1 Å². The number of hydrogen-bond acceptors (Lipinski definition) is 5. The van der Waals surface area contributed by atoms with Gasteiger partial charge >= 0.3 is 6.03 Å². The molecule has 2 aromatic rings. The van der Waals surface area contributed by atoms with Crippen molar-refractivity contribution < 1.29 is 23.9 Å². The molecule has 34 heavy (non-hydrogen) atoms. The van der Waals surface area contributed by atoms with Gasteiger partial charge in [0.05, 0.1) is 23.9 Å². The van der Waals surface area contributed by atoms with E-state index in [1.54, 1.807) is 36.4 Å². The van der Waals surface area contributed by atoms with Crippen LogP contribution in [-0.4, -0.2) is 31.1 Å². The van der Waals surface area contributed by atoms with E-state index < -0.39 is 17.8 Å². The molecule has 0 aliphatic carbocycles. The van der Waals surface area contributed by atoms with Crippen LogP contribution in [0.2, 0.25) is 5.02 Å². The first-order chi connectivity index (χ1) is 16.3. The SMILES string of the molecule is CCCCCCOc1c(Cl)cc(/C=C2\C(=O)NC(=O)N(c3ccc(Br)cc3)C2=O)cc1OCC. The van der Waals surface area contributed by atoms with E-state index in [1.165, 1.54) is 6.08 Å². The van der Waals surface area contributed by atoms with Gasteiger partial charge in [0, 0.05) is 4.47 Å². The molecule has 4 amide bonds. The highest BCUT2D eigenvalue weighted by Crippen LogP contribution is 2.38. The first-order valence-electron chi connectivity index (χ1n) is 11.1. The average molecular weight is 550 g/mol. The number of rotatable bonds is 10. The largest absolute Gasteiger partial charge is 0.490 e. The number of carbonyl (C=O) groups is 3. The van der Waals surface area contributed by atoms with E-state index in [1.807, 2.05) is 6.92 Å². The molecule has 1 fully saturated rings. The van der Waals surface area contributed by atoms with Crippen molar-refractivity contribution in [3.63, 3.8) is 0 Å². The number of anilines is 1. The normalized spacial score (nSPS) is 15.0. The molecule has 1 aliphatic rings. The highest BCUT2D eigenvalue weighted by Gasteiger charge is 2.36. The first-order valence-corrected chi connectivity index (χ1v) is 12.3. The van der Waals surface area contributed by atoms with Gasteiger partial charge in [0.25, 0.3) is 11.8 Å². The number of unbranched alkanes of at least 4 members (excludes halogenated alkanes) is 3. The van der Waals surface area contributed by atoms with Gasteiger partial charge in [-0.05, 0) is 61.4 Å². The minimum absolute atomic E-state index is 0.200. The zero-order valence-corrected chi connectivity index (χ0v) is 21.4. The minimum atomic E-state index is -0.811. The lowest BCUT2D eigenvalue weighted by Crippen LogP contribution is -2.54. The highest BCUT2D eigenvalue weighted by molar-refractivity contribution is 9.10. The second-order valence-electron chi connectivity index (χ2n) is 7.61. The van der Waals surface area contributed by atoms with Crippen LogP contribution in [0.3, 0.4) is 0 Å². The summed E-state index contributed by atoms with van der Waals surface area (Å²) in [5, 5.41) is 2.52. The van der Waals surface area contributed by atoms with Crippen LogP contribution in [0.1, 0.15) is 45.1 Å². The van der Waals surface area contributed by atoms with Crippen molar-refractivity contribution in [2.24, 2.45) is 0 Å². The second kappa shape index (κ2) is 12.0. The standard InChI is InChI=1S/C25H26BrClN2O5/c1-3-5-6-7-12-34-22-20(27)14-16(15-21(22)33-4-2)13-19-23(30)28-25(32)29(24(19)31)18-10-8-17(26)9-11-18/h8-11,13-15H,3-7,12H2,1-2H3,(H,28,30,32)/b19-13+. The van der Waals surface area contributed by atoms with Gasteiger partial charge in [-0.1, -0.05) is 53.7 Å². The molecule has 1 aliphatic heterocycles. The van der Waals surface area contributed by atoms with Crippen molar-refractivity contribution in [3.8, 4) is 11.5 Å². The molecule has 1 saturated heterocycles. The summed E-state index contributed by atoms with van der Waals surface area (Å²) in [6.45, 7) is 4.87. The average Bonchev–Trinajstić information content (AvgIpc) is 2.79. The van der Waals surface area contributed by atoms with Crippen LogP contribution >= 0.6 is 27.5 Å². The Labute approximate surface area is 212 Å². The number of imide groups is 2. The molecule has 0 spiro atoms. The second-order valence-corrected chi connectivity index (χ2v) is 8.93. The molecule has 7 nitrogen and oxygen atoms in total. The summed E-state index contributed by atoms with van der Waals surface area (Å²) in [5.41, 5.74) is 0.605. The molecule has 1 N–H and O–H groups in total. The molecule has 2 aromatic carbocycles. The monoisotopic (exact) mass is 548 g/mol. The van der Waals surface area contributed by atoms with E-state index in [0.29, 0.717) is 41.0 Å². The fraction of sp³-hybridized carbons (Fsp3) is 0.320. The summed E-state index contributed by atoms with van der Waals surface area (Å²) in [5.74, 6) is -0.676. The third kappa shape index (κ3) is 6.18. The van der Waals surface area contributed by atoms with E-state index in [-0.39, 0.29) is 5.57 Å². The Morgan fingerprint density at radius 3 is 2.44 bits per heavy atom. The number of nitrogens with one attached hydrogen (secondary N) is 1. The molecular formula is C25H26BrClN2O5. The zero-order chi connectivity index (χ0) is 24.7. The highest BCUT2D eigenvalue weighted by atomic mass is 79.9. The number of urea groups is 1. The van der Waals surface area contributed by atoms with Gasteiger partial charge in [-0.25, -0.2) is 9.69 Å². The number of amides is 4. The number of carbonyl (C=O) groups excluding carboxylic acids is 3. The van der Waals surface area contributed by atoms with Crippen molar-refractivity contribution in [3.05, 3.63) is 57.0 Å². The minimum Gasteiger partial charge on any atom is -0.490 e. The number of barbiturate groups is 1. The first kappa shape index (κ1) is 25.8. The Hall–Kier alpha value is -2.84. The molecule has 0 bridgehead atoms. The van der Waals surface area contributed by atoms with Crippen LogP contribution in [0, 0.1) is 0 Å². The van der Waals surface area contributed by atoms with E-state index in [0.717, 1.165) is 35.1 Å². The fourth-order valence-electron chi connectivity index (χ4n) is 3.43. The summed E-state index contributed by atoms with van der Waals surface area (Å²) in [6.07, 6.45) is 5.61. The van der Waals surface area contributed by atoms with Gasteiger partial charge in [-0.3, -0.25) is 14.9 Å². The Morgan fingerprint density at radius 1 is 1.03 bits per heavy atom. The summed E-state index contributed by atoms with van der Waals surface area (Å²) < 4.78 is 12.4. The van der Waals surface area contributed by atoms with Crippen molar-refractivity contribution in [2.75, 3.05) is 18.1 Å². The van der Waals surface area contributed by atoms with Gasteiger partial charge < -0.3 is 9.47 Å². The van der Waals surface area contributed by atoms with Crippen LogP contribution in [-0.2, 0) is 9.59 Å². The maximum absolute atomic E-state index is 13.1. The summed E-state index contributed by atoms with van der Waals surface area (Å²) >= 11 is 9.79. The molecule has 3 rings (SSSR count). The van der Waals surface area contributed by atoms with Crippen LogP contribution in [0.15, 0.2) is 46.4 Å². The lowest BCUT2D eigenvalue weighted by Gasteiger charge is -2.26. The van der Waals surface area contributed by atoms with Crippen molar-refractivity contribution in [2.45, 2.75) is 39.5 Å². The number of benzene rings is 2. The molecule has 0 atom stereocenters. The van der Waals surface area contributed by atoms with Gasteiger partial charge in [0.1, 0.15) is 5.57 Å². The Balaban J connectivity index is 1.90. The predicted molar refractivity (Wildman–Crippen MR) is 135 cm³/mol. The van der Waals surface area contributed by atoms with Gasteiger partial charge in [0.15, 0.2) is 11.5 Å². The summed E-state index contributed by atoms with van der Waals surface area (Å²) in [7, 11) is 0. The Morgan fingerprint density at radius 2 is 1.76 bits per heavy atom. The van der Waals surface area contributed by atoms with Crippen molar-refractivity contribution in [1.82, 2.24) is 5.32 Å². The lowest BCUT2D eigenvalue weighted by molar-refractivity contribution is -0.122. The van der Waals surface area contributed by atoms with Crippen molar-refractivity contribution >= 4 is 57.1 Å². The maximum Gasteiger partial charge on any atom is 0.335 e. The zero-order valence-electron chi connectivity index (χ0n) is 19.0. The van der Waals surface area contributed by atoms with Crippen LogP contribution in [0.4, 0.5) is 10.5 Å². The Bertz CT molecular complexity index is 1100. The Kier molecular flexibility index (Phi) is 9.12. The number of hydrogen-bond donors (Lipinski definition) is 1. The summed E-state index contributed by atoms with van der Waals surface area (Å²) in [6, 6.07) is 9.05. The van der Waals surface area contributed by atoms with E-state index >= 15 is 0 Å². The third-order valence-corrected chi connectivity index (χ3v) is 5.88. The molecule has 9 heteroatoms. The van der Waals surface area contributed by atoms with E-state index in [9.17, 15) is 14.4 Å². The van der Waals surface area contributed by atoms with Gasteiger partial charge in [-0.15, -0.1) is 0 Å². The smallest absolute Gasteiger partial charge is 0.335 e. The molecule has 0 unspecified atom stereocenters. The summed E-state index contributed by atoms with van der Waals surface area (Å²) in [4.78, 5) is 38.9. The number of ether oxygens (including phenoxy) is 2. The third-order valence-electron chi connectivity index (χ3n) is 5.07. The molecular weight excluding hydrogens is 524 g/mol. The van der Waals surface area contributed by atoms with Crippen LogP contribution in [0.5, 0.6) is 11.5 Å². The lowest BCUT2D eigenvalue weighted by atomic mass is 10.1. The molecule has 180 valence electrons. The number of halogens is 2. The molecule has 0 aromatic heterocycles. The van der Waals surface area contributed by atoms with Gasteiger partial charge in [0.2, 0.25) is 0 Å². The van der Waals surface area contributed by atoms with Crippen LogP contribution < -0.4 is 19.7 Å². The number of nitrogens with zero attached hydrogens (tertiary/aromatic N) is 1. The quantitative estimate of drug-likeness (QED) is 0.219. The molecule has 1 heterocycles. The predicted octanol–water partition coefficient (Wildman–Crippen LogP) is 6.13. The van der Waals surface area contributed by atoms with Crippen molar-refractivity contribution in [1.29, 1.82) is 0 Å². The van der Waals surface area contributed by atoms with Gasteiger partial charge in [-0.2, -0.15) is 0 Å². The molecule has 0 saturated carbocycles. The topological polar surface area (TPSA) is 84.9 Å². The molecule has 0 radical (unpaired) electrons. The van der Waals surface area contributed by atoms with Crippen LogP contribution in [0.25, 0.3) is 6.08 Å². The maximum atomic E-state index is 13.1. The fourth-order valence-corrected chi connectivity index (χ4v) is 3.96.